The van der Waals surface area contributed by atoms with E-state index in [2.05, 4.69) is 26.4 Å². The summed E-state index contributed by atoms with van der Waals surface area (Å²) in [5.74, 6) is -0.198. The fourth-order valence-electron chi connectivity index (χ4n) is 1.65. The van der Waals surface area contributed by atoms with E-state index in [1.54, 1.807) is 13.0 Å². The Morgan fingerprint density at radius 2 is 2.10 bits per heavy atom. The fraction of sp³-hybridized carbons (Fsp3) is 0.231. The van der Waals surface area contributed by atoms with Crippen LogP contribution in [0.15, 0.2) is 33.3 Å². The van der Waals surface area contributed by atoms with Crippen LogP contribution < -0.4 is 5.32 Å². The SMILES string of the molecule is Cc1cc(CNC(=O)c2ccc(Br)c(C(F)(F)F)c2)on1. The van der Waals surface area contributed by atoms with Crippen molar-refractivity contribution in [2.24, 2.45) is 0 Å². The van der Waals surface area contributed by atoms with Gasteiger partial charge in [0.1, 0.15) is 0 Å². The molecule has 8 heteroatoms. The van der Waals surface area contributed by atoms with Gasteiger partial charge < -0.3 is 9.84 Å². The molecule has 1 heterocycles. The number of alkyl halides is 3. The first kappa shape index (κ1) is 15.6. The van der Waals surface area contributed by atoms with Crippen molar-refractivity contribution in [2.75, 3.05) is 0 Å². The molecular formula is C13H10BrF3N2O2. The molecule has 4 nitrogen and oxygen atoms in total. The maximum atomic E-state index is 12.8. The second kappa shape index (κ2) is 5.88. The van der Waals surface area contributed by atoms with Crippen LogP contribution in [0.4, 0.5) is 13.2 Å². The highest BCUT2D eigenvalue weighted by Crippen LogP contribution is 2.35. The molecule has 0 atom stereocenters. The van der Waals surface area contributed by atoms with Crippen molar-refractivity contribution in [3.05, 3.63) is 51.3 Å². The summed E-state index contributed by atoms with van der Waals surface area (Å²) >= 11 is 2.82. The zero-order valence-electron chi connectivity index (χ0n) is 10.8. The molecule has 112 valence electrons. The molecule has 0 aliphatic rings. The predicted molar refractivity (Wildman–Crippen MR) is 71.6 cm³/mol. The maximum Gasteiger partial charge on any atom is 0.417 e. The lowest BCUT2D eigenvalue weighted by atomic mass is 10.1. The molecule has 0 saturated heterocycles. The minimum atomic E-state index is -4.53. The number of aromatic nitrogens is 1. The zero-order valence-corrected chi connectivity index (χ0v) is 12.4. The highest BCUT2D eigenvalue weighted by atomic mass is 79.9. The third-order valence-electron chi connectivity index (χ3n) is 2.63. The highest BCUT2D eigenvalue weighted by Gasteiger charge is 2.33. The van der Waals surface area contributed by atoms with Gasteiger partial charge in [-0.05, 0) is 25.1 Å². The summed E-state index contributed by atoms with van der Waals surface area (Å²) in [6.07, 6.45) is -4.53. The molecule has 0 aliphatic carbocycles. The second-order valence-electron chi connectivity index (χ2n) is 4.31. The van der Waals surface area contributed by atoms with Crippen LogP contribution in [0.2, 0.25) is 0 Å². The van der Waals surface area contributed by atoms with Crippen LogP contribution in [0, 0.1) is 6.92 Å². The van der Waals surface area contributed by atoms with E-state index < -0.39 is 17.6 Å². The average Bonchev–Trinajstić information content (AvgIpc) is 2.81. The van der Waals surface area contributed by atoms with Crippen molar-refractivity contribution in [3.63, 3.8) is 0 Å². The van der Waals surface area contributed by atoms with E-state index in [-0.39, 0.29) is 16.6 Å². The molecule has 2 aromatic rings. The molecule has 0 unspecified atom stereocenters. The Balaban J connectivity index is 2.12. The molecule has 1 N–H and O–H groups in total. The van der Waals surface area contributed by atoms with E-state index in [9.17, 15) is 18.0 Å². The molecule has 1 aromatic carbocycles. The number of nitrogens with zero attached hydrogens (tertiary/aromatic N) is 1. The molecule has 0 aliphatic heterocycles. The van der Waals surface area contributed by atoms with Gasteiger partial charge in [-0.15, -0.1) is 0 Å². The lowest BCUT2D eigenvalue weighted by Crippen LogP contribution is -2.23. The molecule has 2 rings (SSSR count). The van der Waals surface area contributed by atoms with Crippen molar-refractivity contribution in [1.82, 2.24) is 10.5 Å². The third-order valence-corrected chi connectivity index (χ3v) is 3.33. The van der Waals surface area contributed by atoms with Crippen LogP contribution in [0.25, 0.3) is 0 Å². The summed E-state index contributed by atoms with van der Waals surface area (Å²) in [6.45, 7) is 1.77. The summed E-state index contributed by atoms with van der Waals surface area (Å²) < 4.78 is 43.1. The number of aryl methyl sites for hydroxylation is 1. The minimum absolute atomic E-state index is 0.0527. The number of rotatable bonds is 3. The number of benzene rings is 1. The Kier molecular flexibility index (Phi) is 4.36. The van der Waals surface area contributed by atoms with Crippen LogP contribution in [0.1, 0.15) is 27.4 Å². The second-order valence-corrected chi connectivity index (χ2v) is 5.16. The van der Waals surface area contributed by atoms with E-state index in [1.165, 1.54) is 12.1 Å². The van der Waals surface area contributed by atoms with Crippen LogP contribution in [-0.2, 0) is 12.7 Å². The number of amides is 1. The molecule has 1 aromatic heterocycles. The normalized spacial score (nSPS) is 11.5. The first-order chi connectivity index (χ1) is 9.77. The summed E-state index contributed by atoms with van der Waals surface area (Å²) in [5.41, 5.74) is -0.324. The van der Waals surface area contributed by atoms with E-state index in [1.807, 2.05) is 0 Å². The van der Waals surface area contributed by atoms with Gasteiger partial charge >= 0.3 is 6.18 Å². The van der Waals surface area contributed by atoms with Gasteiger partial charge in [0.05, 0.1) is 17.8 Å². The lowest BCUT2D eigenvalue weighted by Gasteiger charge is -2.11. The Morgan fingerprint density at radius 3 is 2.67 bits per heavy atom. The fourth-order valence-corrected chi connectivity index (χ4v) is 2.12. The first-order valence-electron chi connectivity index (χ1n) is 5.84. The number of carbonyl (C=O) groups is 1. The molecular weight excluding hydrogens is 353 g/mol. The Morgan fingerprint density at radius 1 is 1.38 bits per heavy atom. The van der Waals surface area contributed by atoms with E-state index in [4.69, 9.17) is 4.52 Å². The summed E-state index contributed by atoms with van der Waals surface area (Å²) in [5, 5.41) is 6.12. The van der Waals surface area contributed by atoms with Crippen LogP contribution in [0.5, 0.6) is 0 Å². The van der Waals surface area contributed by atoms with E-state index >= 15 is 0 Å². The van der Waals surface area contributed by atoms with Gasteiger partial charge in [0.2, 0.25) is 0 Å². The van der Waals surface area contributed by atoms with Gasteiger partial charge in [-0.2, -0.15) is 13.2 Å². The molecule has 0 radical (unpaired) electrons. The van der Waals surface area contributed by atoms with Crippen LogP contribution >= 0.6 is 15.9 Å². The van der Waals surface area contributed by atoms with Gasteiger partial charge in [-0.3, -0.25) is 4.79 Å². The summed E-state index contributed by atoms with van der Waals surface area (Å²) in [6, 6.07) is 4.92. The third kappa shape index (κ3) is 3.84. The predicted octanol–water partition coefficient (Wildman–Crippen LogP) is 3.69. The monoisotopic (exact) mass is 362 g/mol. The topological polar surface area (TPSA) is 55.1 Å². The van der Waals surface area contributed by atoms with Crippen LogP contribution in [0.3, 0.4) is 0 Å². The van der Waals surface area contributed by atoms with E-state index in [0.717, 1.165) is 6.07 Å². The van der Waals surface area contributed by atoms with Gasteiger partial charge in [0.15, 0.2) is 5.76 Å². The van der Waals surface area contributed by atoms with Crippen molar-refractivity contribution in [2.45, 2.75) is 19.6 Å². The Bertz CT molecular complexity index is 668. The van der Waals surface area contributed by atoms with Gasteiger partial charge in [0.25, 0.3) is 5.91 Å². The summed E-state index contributed by atoms with van der Waals surface area (Å²) in [7, 11) is 0. The van der Waals surface area contributed by atoms with E-state index in [0.29, 0.717) is 11.5 Å². The van der Waals surface area contributed by atoms with Crippen molar-refractivity contribution < 1.29 is 22.5 Å². The smallest absolute Gasteiger partial charge is 0.359 e. The zero-order chi connectivity index (χ0) is 15.6. The maximum absolute atomic E-state index is 12.8. The lowest BCUT2D eigenvalue weighted by molar-refractivity contribution is -0.138. The van der Waals surface area contributed by atoms with Crippen molar-refractivity contribution >= 4 is 21.8 Å². The number of carbonyl (C=O) groups excluding carboxylic acids is 1. The summed E-state index contributed by atoms with van der Waals surface area (Å²) in [4.78, 5) is 11.9. The number of hydrogen-bond acceptors (Lipinski definition) is 3. The molecule has 0 saturated carbocycles. The highest BCUT2D eigenvalue weighted by molar-refractivity contribution is 9.10. The minimum Gasteiger partial charge on any atom is -0.359 e. The largest absolute Gasteiger partial charge is 0.417 e. The van der Waals surface area contributed by atoms with Gasteiger partial charge in [0, 0.05) is 16.1 Å². The van der Waals surface area contributed by atoms with Crippen molar-refractivity contribution in [3.8, 4) is 0 Å². The Hall–Kier alpha value is -1.83. The van der Waals surface area contributed by atoms with Gasteiger partial charge in [-0.25, -0.2) is 0 Å². The average molecular weight is 363 g/mol. The van der Waals surface area contributed by atoms with Crippen molar-refractivity contribution in [1.29, 1.82) is 0 Å². The molecule has 0 bridgehead atoms. The van der Waals surface area contributed by atoms with Crippen LogP contribution in [-0.4, -0.2) is 11.1 Å². The quantitative estimate of drug-likeness (QED) is 0.905. The standard InChI is InChI=1S/C13H10BrF3N2O2/c1-7-4-9(21-19-7)6-18-12(20)8-2-3-11(14)10(5-8)13(15,16)17/h2-5H,6H2,1H3,(H,18,20). The molecule has 21 heavy (non-hydrogen) atoms. The molecule has 0 spiro atoms. The molecule has 1 amide bonds. The van der Waals surface area contributed by atoms with Gasteiger partial charge in [-0.1, -0.05) is 21.1 Å². The number of nitrogens with one attached hydrogen (secondary N) is 1. The molecule has 0 fully saturated rings. The first-order valence-corrected chi connectivity index (χ1v) is 6.64. The number of halogens is 4. The number of hydrogen-bond donors (Lipinski definition) is 1. The Labute approximate surface area is 126 Å².